The maximum atomic E-state index is 13.9. The van der Waals surface area contributed by atoms with Crippen LogP contribution in [0.3, 0.4) is 0 Å². The molecule has 2 aromatic carbocycles. The number of unbranched alkanes of at least 4 members (excludes halogenated alkanes) is 1. The predicted octanol–water partition coefficient (Wildman–Crippen LogP) is 3.20. The molecule has 8 nitrogen and oxygen atoms in total. The Morgan fingerprint density at radius 3 is 2.38 bits per heavy atom. The third kappa shape index (κ3) is 9.32. The fourth-order valence-electron chi connectivity index (χ4n) is 5.34. The van der Waals surface area contributed by atoms with Crippen LogP contribution in [-0.4, -0.2) is 77.0 Å². The monoisotopic (exact) mass is 586 g/mol. The Hall–Kier alpha value is -3.37. The molecule has 0 bridgehead atoms. The van der Waals surface area contributed by atoms with Crippen molar-refractivity contribution in [3.63, 3.8) is 0 Å². The molecule has 0 saturated carbocycles. The van der Waals surface area contributed by atoms with Gasteiger partial charge in [0.1, 0.15) is 30.8 Å². The molecule has 0 radical (unpaired) electrons. The first-order valence-electron chi connectivity index (χ1n) is 14.8. The van der Waals surface area contributed by atoms with Crippen molar-refractivity contribution in [2.75, 3.05) is 26.2 Å². The number of hydrogen-bond donors (Lipinski definition) is 3. The van der Waals surface area contributed by atoms with E-state index in [0.717, 1.165) is 43.0 Å². The number of rotatable bonds is 15. The largest absolute Gasteiger partial charge is 0.390 e. The van der Waals surface area contributed by atoms with Crippen molar-refractivity contribution < 1.29 is 28.3 Å². The molecule has 3 N–H and O–H groups in total. The average molecular weight is 587 g/mol. The third-order valence-corrected chi connectivity index (χ3v) is 7.54. The molecule has 0 aliphatic carbocycles. The molecule has 230 valence electrons. The highest BCUT2D eigenvalue weighted by Crippen LogP contribution is 2.20. The van der Waals surface area contributed by atoms with Crippen molar-refractivity contribution in [1.82, 2.24) is 20.4 Å². The van der Waals surface area contributed by atoms with E-state index in [1.807, 2.05) is 39.0 Å². The van der Waals surface area contributed by atoms with Crippen LogP contribution in [0, 0.1) is 17.6 Å². The lowest BCUT2D eigenvalue weighted by atomic mass is 9.97. The number of hydrogen-bond acceptors (Lipinski definition) is 5. The van der Waals surface area contributed by atoms with Gasteiger partial charge < -0.3 is 25.5 Å². The van der Waals surface area contributed by atoms with E-state index in [4.69, 9.17) is 0 Å². The van der Waals surface area contributed by atoms with Crippen LogP contribution in [0.15, 0.2) is 42.5 Å². The zero-order valence-electron chi connectivity index (χ0n) is 25.0. The van der Waals surface area contributed by atoms with Crippen LogP contribution in [-0.2, 0) is 33.8 Å². The quantitative estimate of drug-likeness (QED) is 0.298. The number of carbonyl (C=O) groups is 3. The average Bonchev–Trinajstić information content (AvgIpc) is 2.93. The molecule has 1 heterocycles. The number of carbonyl (C=O) groups excluding carboxylic acids is 3. The summed E-state index contributed by atoms with van der Waals surface area (Å²) < 4.78 is 27.8. The van der Waals surface area contributed by atoms with Gasteiger partial charge in [-0.2, -0.15) is 0 Å². The van der Waals surface area contributed by atoms with Crippen LogP contribution in [0.1, 0.15) is 57.2 Å². The van der Waals surface area contributed by atoms with Crippen molar-refractivity contribution >= 4 is 17.7 Å². The van der Waals surface area contributed by atoms with Crippen molar-refractivity contribution in [1.29, 1.82) is 0 Å². The molecular formula is C32H44F2N4O4. The Bertz CT molecular complexity index is 1200. The summed E-state index contributed by atoms with van der Waals surface area (Å²) in [4.78, 5) is 42.3. The third-order valence-electron chi connectivity index (χ3n) is 7.54. The Balaban J connectivity index is 1.70. The van der Waals surface area contributed by atoms with E-state index >= 15 is 0 Å². The maximum absolute atomic E-state index is 13.9. The number of halogens is 2. The van der Waals surface area contributed by atoms with E-state index < -0.39 is 35.7 Å². The van der Waals surface area contributed by atoms with Crippen LogP contribution in [0.25, 0.3) is 0 Å². The Kier molecular flexibility index (Phi) is 12.4. The normalized spacial score (nSPS) is 17.1. The highest BCUT2D eigenvalue weighted by atomic mass is 19.1. The van der Waals surface area contributed by atoms with Gasteiger partial charge in [0, 0.05) is 25.7 Å². The molecule has 1 fully saturated rings. The van der Waals surface area contributed by atoms with Crippen molar-refractivity contribution in [3.8, 4) is 0 Å². The lowest BCUT2D eigenvalue weighted by molar-refractivity contribution is -0.159. The molecule has 0 aromatic heterocycles. The lowest BCUT2D eigenvalue weighted by Gasteiger charge is -2.42. The van der Waals surface area contributed by atoms with E-state index in [1.54, 1.807) is 4.90 Å². The maximum Gasteiger partial charge on any atom is 0.246 e. The predicted molar refractivity (Wildman–Crippen MR) is 157 cm³/mol. The number of amides is 3. The number of aliphatic hydroxyl groups excluding tert-OH is 1. The first-order valence-corrected chi connectivity index (χ1v) is 14.8. The summed E-state index contributed by atoms with van der Waals surface area (Å²) >= 11 is 0. The molecule has 0 spiro atoms. The Morgan fingerprint density at radius 2 is 1.74 bits per heavy atom. The summed E-state index contributed by atoms with van der Waals surface area (Å²) in [6.07, 6.45) is 1.41. The smallest absolute Gasteiger partial charge is 0.246 e. The van der Waals surface area contributed by atoms with Crippen molar-refractivity contribution in [2.24, 2.45) is 5.92 Å². The standard InChI is InChI=1S/C32H44F2N4O4/c1-5-7-11-38-30(41)20-37(32(42)31(38)21(3)4)19-29(40)36-27(15-24-13-25(33)16-26(34)14-24)28(39)18-35-17-23-10-8-9-22(6-2)12-23/h8-10,12-14,16,21,27-28,31,35,39H,5-7,11,15,17-20H2,1-4H3,(H,36,40)/t27-,28+,31-/m0/s1. The summed E-state index contributed by atoms with van der Waals surface area (Å²) in [5.41, 5.74) is 2.49. The van der Waals surface area contributed by atoms with Gasteiger partial charge in [-0.05, 0) is 54.0 Å². The molecule has 2 aromatic rings. The number of piperazine rings is 1. The van der Waals surface area contributed by atoms with Gasteiger partial charge in [-0.15, -0.1) is 0 Å². The number of aliphatic hydroxyl groups is 1. The minimum atomic E-state index is -1.11. The van der Waals surface area contributed by atoms with Crippen LogP contribution in [0.5, 0.6) is 0 Å². The van der Waals surface area contributed by atoms with Crippen LogP contribution in [0.2, 0.25) is 0 Å². The lowest BCUT2D eigenvalue weighted by Crippen LogP contribution is -2.63. The zero-order chi connectivity index (χ0) is 30.8. The van der Waals surface area contributed by atoms with Crippen molar-refractivity contribution in [2.45, 2.75) is 78.1 Å². The van der Waals surface area contributed by atoms with Crippen LogP contribution >= 0.6 is 0 Å². The fraction of sp³-hybridized carbons (Fsp3) is 0.531. The van der Waals surface area contributed by atoms with Gasteiger partial charge in [0.15, 0.2) is 0 Å². The van der Waals surface area contributed by atoms with E-state index in [1.165, 1.54) is 10.5 Å². The fourth-order valence-corrected chi connectivity index (χ4v) is 5.34. The number of benzene rings is 2. The first-order chi connectivity index (χ1) is 20.0. The Labute approximate surface area is 247 Å². The summed E-state index contributed by atoms with van der Waals surface area (Å²) in [7, 11) is 0. The minimum absolute atomic E-state index is 0.0408. The van der Waals surface area contributed by atoms with E-state index in [9.17, 15) is 28.3 Å². The molecule has 3 rings (SSSR count). The summed E-state index contributed by atoms with van der Waals surface area (Å²) in [5.74, 6) is -2.73. The highest BCUT2D eigenvalue weighted by molar-refractivity contribution is 5.97. The first kappa shape index (κ1) is 33.1. The zero-order valence-corrected chi connectivity index (χ0v) is 25.0. The van der Waals surface area contributed by atoms with E-state index in [2.05, 4.69) is 23.6 Å². The van der Waals surface area contributed by atoms with Gasteiger partial charge in [0.2, 0.25) is 17.7 Å². The molecule has 3 atom stereocenters. The molecule has 1 aliphatic heterocycles. The number of nitrogens with one attached hydrogen (secondary N) is 2. The number of nitrogens with zero attached hydrogens (tertiary/aromatic N) is 2. The van der Waals surface area contributed by atoms with Crippen LogP contribution in [0.4, 0.5) is 8.78 Å². The van der Waals surface area contributed by atoms with Gasteiger partial charge >= 0.3 is 0 Å². The summed E-state index contributed by atoms with van der Waals surface area (Å²) in [6, 6.07) is 9.54. The summed E-state index contributed by atoms with van der Waals surface area (Å²) in [6.45, 7) is 8.31. The molecule has 3 amide bonds. The molecule has 1 saturated heterocycles. The molecule has 10 heteroatoms. The van der Waals surface area contributed by atoms with Gasteiger partial charge in [-0.1, -0.05) is 58.4 Å². The van der Waals surface area contributed by atoms with E-state index in [0.29, 0.717) is 13.1 Å². The van der Waals surface area contributed by atoms with Crippen LogP contribution < -0.4 is 10.6 Å². The van der Waals surface area contributed by atoms with Crippen molar-refractivity contribution in [3.05, 3.63) is 70.8 Å². The second-order valence-corrected chi connectivity index (χ2v) is 11.4. The van der Waals surface area contributed by atoms with Gasteiger partial charge in [-0.25, -0.2) is 8.78 Å². The second kappa shape index (κ2) is 15.7. The molecule has 0 unspecified atom stereocenters. The van der Waals surface area contributed by atoms with Gasteiger partial charge in [0.25, 0.3) is 0 Å². The molecule has 42 heavy (non-hydrogen) atoms. The SMILES string of the molecule is CCCCN1C(=O)CN(CC(=O)N[C@@H](Cc2cc(F)cc(F)c2)[C@H](O)CNCc2cccc(CC)c2)C(=O)[C@@H]1C(C)C. The molecule has 1 aliphatic rings. The minimum Gasteiger partial charge on any atom is -0.390 e. The van der Waals surface area contributed by atoms with Gasteiger partial charge in [0.05, 0.1) is 12.1 Å². The summed E-state index contributed by atoms with van der Waals surface area (Å²) in [5, 5.41) is 17.0. The Morgan fingerprint density at radius 1 is 1.05 bits per heavy atom. The topological polar surface area (TPSA) is 102 Å². The van der Waals surface area contributed by atoms with E-state index in [-0.39, 0.29) is 49.4 Å². The number of aryl methyl sites for hydroxylation is 1. The van der Waals surface area contributed by atoms with Gasteiger partial charge in [-0.3, -0.25) is 14.4 Å². The second-order valence-electron chi connectivity index (χ2n) is 11.4. The highest BCUT2D eigenvalue weighted by Gasteiger charge is 2.41. The molecular weight excluding hydrogens is 542 g/mol.